The molecule has 0 fully saturated rings. The average molecular weight is 303 g/mol. The molecule has 4 rings (SSSR count). The van der Waals surface area contributed by atoms with Crippen LogP contribution in [0.4, 0.5) is 5.69 Å². The lowest BCUT2D eigenvalue weighted by Gasteiger charge is -2.24. The zero-order valence-corrected chi connectivity index (χ0v) is 12.9. The van der Waals surface area contributed by atoms with Gasteiger partial charge in [0.1, 0.15) is 6.54 Å². The standard InChI is InChI=1S/C16H19N2O2S/c1-11(19)18-13-8-5-4-7-12(13)16(20)15(18)21-14-9-3-2-6-10-17(14)16/h4-5,7-8,15,20H,2-3,6,9-10H2,1H3/q+1. The minimum Gasteiger partial charge on any atom is -0.328 e. The lowest BCUT2D eigenvalue weighted by Crippen LogP contribution is -2.48. The van der Waals surface area contributed by atoms with Crippen LogP contribution in [0.15, 0.2) is 24.3 Å². The Morgan fingerprint density at radius 1 is 1.38 bits per heavy atom. The van der Waals surface area contributed by atoms with Gasteiger partial charge in [-0.25, -0.2) is 0 Å². The van der Waals surface area contributed by atoms with Crippen molar-refractivity contribution in [2.75, 3.05) is 11.4 Å². The van der Waals surface area contributed by atoms with E-state index in [4.69, 9.17) is 0 Å². The second kappa shape index (κ2) is 4.58. The maximum absolute atomic E-state index is 12.1. The minimum atomic E-state index is -1.06. The molecular weight excluding hydrogens is 284 g/mol. The van der Waals surface area contributed by atoms with Crippen molar-refractivity contribution < 1.29 is 14.5 Å². The first-order chi connectivity index (χ1) is 10.1. The maximum Gasteiger partial charge on any atom is 0.326 e. The summed E-state index contributed by atoms with van der Waals surface area (Å²) in [6, 6.07) is 7.76. The molecule has 4 nitrogen and oxygen atoms in total. The Morgan fingerprint density at radius 2 is 2.19 bits per heavy atom. The molecular formula is C16H19N2O2S+. The topological polar surface area (TPSA) is 43.6 Å². The molecule has 1 aromatic rings. The second-order valence-electron chi connectivity index (χ2n) is 5.96. The normalized spacial score (nSPS) is 30.8. The van der Waals surface area contributed by atoms with Crippen LogP contribution in [0.25, 0.3) is 0 Å². The lowest BCUT2D eigenvalue weighted by atomic mass is 10.0. The molecule has 21 heavy (non-hydrogen) atoms. The van der Waals surface area contributed by atoms with Crippen LogP contribution in [0.3, 0.4) is 0 Å². The molecule has 5 heteroatoms. The number of carbonyl (C=O) groups is 1. The third kappa shape index (κ3) is 1.67. The van der Waals surface area contributed by atoms with Gasteiger partial charge < -0.3 is 5.11 Å². The Kier molecular flexibility index (Phi) is 2.91. The van der Waals surface area contributed by atoms with Crippen LogP contribution < -0.4 is 4.90 Å². The highest BCUT2D eigenvalue weighted by molar-refractivity contribution is 8.14. The number of thioether (sulfide) groups is 1. The van der Waals surface area contributed by atoms with Crippen LogP contribution >= 0.6 is 11.8 Å². The predicted octanol–water partition coefficient (Wildman–Crippen LogP) is 2.26. The van der Waals surface area contributed by atoms with Gasteiger partial charge in [0.15, 0.2) is 5.37 Å². The number of aliphatic hydroxyl groups is 1. The summed E-state index contributed by atoms with van der Waals surface area (Å²) in [5.74, 6) is -0.00543. The molecule has 1 aromatic carbocycles. The number of benzene rings is 1. The van der Waals surface area contributed by atoms with Gasteiger partial charge in [0.25, 0.3) is 0 Å². The number of amides is 1. The van der Waals surface area contributed by atoms with E-state index in [-0.39, 0.29) is 11.3 Å². The summed E-state index contributed by atoms with van der Waals surface area (Å²) in [6.45, 7) is 2.45. The Bertz CT molecular complexity index is 657. The first-order valence-corrected chi connectivity index (χ1v) is 8.44. The smallest absolute Gasteiger partial charge is 0.326 e. The number of fused-ring (bicyclic) bond motifs is 4. The van der Waals surface area contributed by atoms with Crippen molar-refractivity contribution in [2.45, 2.75) is 43.7 Å². The number of rotatable bonds is 0. The van der Waals surface area contributed by atoms with Crippen molar-refractivity contribution >= 4 is 28.4 Å². The number of anilines is 1. The molecule has 3 aliphatic rings. The molecule has 0 saturated heterocycles. The zero-order valence-electron chi connectivity index (χ0n) is 12.1. The first-order valence-electron chi connectivity index (χ1n) is 7.56. The minimum absolute atomic E-state index is 0.00543. The van der Waals surface area contributed by atoms with Crippen molar-refractivity contribution in [1.29, 1.82) is 0 Å². The fraction of sp³-hybridized carbons (Fsp3) is 0.500. The van der Waals surface area contributed by atoms with E-state index >= 15 is 0 Å². The van der Waals surface area contributed by atoms with E-state index in [2.05, 4.69) is 4.58 Å². The summed E-state index contributed by atoms with van der Waals surface area (Å²) in [6.07, 6.45) is 4.49. The van der Waals surface area contributed by atoms with Gasteiger partial charge in [-0.3, -0.25) is 9.69 Å². The monoisotopic (exact) mass is 303 g/mol. The van der Waals surface area contributed by atoms with Gasteiger partial charge in [-0.15, -0.1) is 0 Å². The highest BCUT2D eigenvalue weighted by Crippen LogP contribution is 2.53. The fourth-order valence-corrected chi connectivity index (χ4v) is 5.44. The molecule has 0 bridgehead atoms. The second-order valence-corrected chi connectivity index (χ2v) is 7.11. The lowest BCUT2D eigenvalue weighted by molar-refractivity contribution is -0.661. The van der Waals surface area contributed by atoms with E-state index < -0.39 is 5.72 Å². The van der Waals surface area contributed by atoms with E-state index in [0.29, 0.717) is 0 Å². The van der Waals surface area contributed by atoms with Crippen LogP contribution in [0, 0.1) is 0 Å². The van der Waals surface area contributed by atoms with E-state index in [9.17, 15) is 9.90 Å². The first kappa shape index (κ1) is 13.3. The molecule has 0 spiro atoms. The van der Waals surface area contributed by atoms with Gasteiger partial charge in [0.2, 0.25) is 11.0 Å². The molecule has 3 aliphatic heterocycles. The van der Waals surface area contributed by atoms with Crippen LogP contribution in [0.1, 0.15) is 38.2 Å². The summed E-state index contributed by atoms with van der Waals surface area (Å²) in [5.41, 5.74) is 0.662. The Morgan fingerprint density at radius 3 is 3.00 bits per heavy atom. The van der Waals surface area contributed by atoms with Crippen molar-refractivity contribution in [3.63, 3.8) is 0 Å². The largest absolute Gasteiger partial charge is 0.328 e. The van der Waals surface area contributed by atoms with Crippen molar-refractivity contribution in [2.24, 2.45) is 0 Å². The maximum atomic E-state index is 12.1. The van der Waals surface area contributed by atoms with Gasteiger partial charge in [-0.1, -0.05) is 12.1 Å². The Labute approximate surface area is 128 Å². The fourth-order valence-electron chi connectivity index (χ4n) is 3.78. The Balaban J connectivity index is 1.91. The molecule has 0 saturated carbocycles. The summed E-state index contributed by atoms with van der Waals surface area (Å²) in [5, 5.41) is 12.5. The van der Waals surface area contributed by atoms with Gasteiger partial charge in [0.05, 0.1) is 11.3 Å². The van der Waals surface area contributed by atoms with Crippen LogP contribution in [-0.4, -0.2) is 32.6 Å². The van der Waals surface area contributed by atoms with Crippen molar-refractivity contribution in [1.82, 2.24) is 0 Å². The van der Waals surface area contributed by atoms with Crippen LogP contribution in [0.5, 0.6) is 0 Å². The number of nitrogens with zero attached hydrogens (tertiary/aromatic N) is 2. The molecule has 3 heterocycles. The summed E-state index contributed by atoms with van der Waals surface area (Å²) in [4.78, 5) is 13.9. The van der Waals surface area contributed by atoms with E-state index in [1.165, 1.54) is 17.9 Å². The van der Waals surface area contributed by atoms with Gasteiger partial charge in [-0.2, -0.15) is 4.58 Å². The number of carbonyl (C=O) groups excluding carboxylic acids is 1. The van der Waals surface area contributed by atoms with E-state index in [1.54, 1.807) is 23.6 Å². The van der Waals surface area contributed by atoms with Gasteiger partial charge in [-0.05, 0) is 36.7 Å². The predicted molar refractivity (Wildman–Crippen MR) is 83.5 cm³/mol. The van der Waals surface area contributed by atoms with Crippen LogP contribution in [-0.2, 0) is 10.5 Å². The van der Waals surface area contributed by atoms with E-state index in [1.807, 2.05) is 24.3 Å². The average Bonchev–Trinajstić information content (AvgIpc) is 2.75. The highest BCUT2D eigenvalue weighted by atomic mass is 32.2. The molecule has 2 atom stereocenters. The zero-order chi connectivity index (χ0) is 14.6. The number of hydrogen-bond acceptors (Lipinski definition) is 3. The summed E-state index contributed by atoms with van der Waals surface area (Å²) >= 11 is 1.67. The quantitative estimate of drug-likeness (QED) is 0.748. The number of para-hydroxylation sites is 1. The van der Waals surface area contributed by atoms with E-state index in [0.717, 1.165) is 30.6 Å². The van der Waals surface area contributed by atoms with Crippen LogP contribution in [0.2, 0.25) is 0 Å². The van der Waals surface area contributed by atoms with Gasteiger partial charge >= 0.3 is 5.72 Å². The third-order valence-electron chi connectivity index (χ3n) is 4.71. The molecule has 0 aromatic heterocycles. The molecule has 2 unspecified atom stereocenters. The van der Waals surface area contributed by atoms with Gasteiger partial charge in [0, 0.05) is 19.8 Å². The molecule has 1 N–H and O–H groups in total. The van der Waals surface area contributed by atoms with Crippen molar-refractivity contribution in [3.05, 3.63) is 29.8 Å². The third-order valence-corrected chi connectivity index (χ3v) is 6.17. The molecule has 1 amide bonds. The Hall–Kier alpha value is -1.33. The highest BCUT2D eigenvalue weighted by Gasteiger charge is 2.65. The molecule has 110 valence electrons. The summed E-state index contributed by atoms with van der Waals surface area (Å²) < 4.78 is 2.15. The SMILES string of the molecule is CC(=O)N1c2ccccc2C2(O)C1SC1=[N+]2CCCCC1. The van der Waals surface area contributed by atoms with Crippen molar-refractivity contribution in [3.8, 4) is 0 Å². The number of hydrogen-bond donors (Lipinski definition) is 1. The molecule has 0 radical (unpaired) electrons. The summed E-state index contributed by atoms with van der Waals surface area (Å²) in [7, 11) is 0. The molecule has 0 aliphatic carbocycles.